The predicted octanol–water partition coefficient (Wildman–Crippen LogP) is 2.70. The Morgan fingerprint density at radius 1 is 1.40 bits per heavy atom. The molecule has 0 heterocycles. The molecule has 0 radical (unpaired) electrons. The zero-order valence-electron chi connectivity index (χ0n) is 8.88. The van der Waals surface area contributed by atoms with Gasteiger partial charge in [-0.2, -0.15) is 0 Å². The maximum atomic E-state index is 11.8. The van der Waals surface area contributed by atoms with Crippen LogP contribution in [-0.2, 0) is 6.42 Å². The molecule has 1 aromatic rings. The highest BCUT2D eigenvalue weighted by molar-refractivity contribution is 6.02. The van der Waals surface area contributed by atoms with Gasteiger partial charge in [0.2, 0.25) is 0 Å². The largest absolute Gasteiger partial charge is 0.497 e. The van der Waals surface area contributed by atoms with E-state index in [9.17, 15) is 4.79 Å². The minimum absolute atomic E-state index is 0.303. The van der Waals surface area contributed by atoms with Crippen LogP contribution in [0.15, 0.2) is 12.1 Å². The van der Waals surface area contributed by atoms with Crippen molar-refractivity contribution >= 4 is 5.78 Å². The van der Waals surface area contributed by atoms with Gasteiger partial charge in [0.1, 0.15) is 5.75 Å². The normalized spacial score (nSPS) is 22.7. The summed E-state index contributed by atoms with van der Waals surface area (Å²) in [6.45, 7) is 0. The van der Waals surface area contributed by atoms with E-state index in [0.717, 1.165) is 24.2 Å². The van der Waals surface area contributed by atoms with E-state index in [1.54, 1.807) is 7.11 Å². The molecule has 2 nitrogen and oxygen atoms in total. The third-order valence-corrected chi connectivity index (χ3v) is 3.61. The maximum absolute atomic E-state index is 11.8. The molecule has 0 bridgehead atoms. The SMILES string of the molecule is COc1cc2c3c(c1)C(=O)CC3CCC2. The highest BCUT2D eigenvalue weighted by Gasteiger charge is 2.34. The molecule has 0 N–H and O–H groups in total. The second-order valence-electron chi connectivity index (χ2n) is 4.46. The summed E-state index contributed by atoms with van der Waals surface area (Å²) in [5.74, 6) is 1.64. The smallest absolute Gasteiger partial charge is 0.163 e. The first kappa shape index (κ1) is 8.96. The first-order chi connectivity index (χ1) is 7.29. The zero-order valence-corrected chi connectivity index (χ0v) is 8.88. The first-order valence-electron chi connectivity index (χ1n) is 5.53. The van der Waals surface area contributed by atoms with Crippen LogP contribution in [0.4, 0.5) is 0 Å². The minimum atomic E-state index is 0.303. The summed E-state index contributed by atoms with van der Waals surface area (Å²) in [5, 5.41) is 0. The molecule has 0 aliphatic heterocycles. The Labute approximate surface area is 89.2 Å². The standard InChI is InChI=1S/C13H14O2/c1-15-10-5-8-3-2-4-9-6-12(14)11(7-10)13(8)9/h5,7,9H,2-4,6H2,1H3. The highest BCUT2D eigenvalue weighted by Crippen LogP contribution is 2.44. The Bertz CT molecular complexity index is 434. The van der Waals surface area contributed by atoms with Crippen LogP contribution in [0.25, 0.3) is 0 Å². The second kappa shape index (κ2) is 3.09. The first-order valence-corrected chi connectivity index (χ1v) is 5.53. The van der Waals surface area contributed by atoms with Crippen LogP contribution in [-0.4, -0.2) is 12.9 Å². The number of Topliss-reactive ketones (excluding diaryl/α,β-unsaturated/α-hetero) is 1. The Morgan fingerprint density at radius 3 is 3.07 bits per heavy atom. The Morgan fingerprint density at radius 2 is 2.27 bits per heavy atom. The summed E-state index contributed by atoms with van der Waals surface area (Å²) in [7, 11) is 1.66. The molecule has 0 saturated heterocycles. The third-order valence-electron chi connectivity index (χ3n) is 3.61. The van der Waals surface area contributed by atoms with Gasteiger partial charge in [-0.05, 0) is 48.4 Å². The highest BCUT2D eigenvalue weighted by atomic mass is 16.5. The molecule has 0 fully saturated rings. The Hall–Kier alpha value is -1.31. The van der Waals surface area contributed by atoms with Crippen molar-refractivity contribution in [1.82, 2.24) is 0 Å². The number of hydrogen-bond donors (Lipinski definition) is 0. The lowest BCUT2D eigenvalue weighted by molar-refractivity contribution is 0.0987. The van der Waals surface area contributed by atoms with E-state index >= 15 is 0 Å². The molecule has 2 heteroatoms. The number of benzene rings is 1. The van der Waals surface area contributed by atoms with Gasteiger partial charge in [0, 0.05) is 12.0 Å². The van der Waals surface area contributed by atoms with Gasteiger partial charge in [-0.1, -0.05) is 0 Å². The Balaban J connectivity index is 2.23. The van der Waals surface area contributed by atoms with E-state index in [1.165, 1.54) is 24.0 Å². The molecular weight excluding hydrogens is 188 g/mol. The van der Waals surface area contributed by atoms with Gasteiger partial charge in [0.05, 0.1) is 7.11 Å². The van der Waals surface area contributed by atoms with Crippen LogP contribution < -0.4 is 4.74 Å². The van der Waals surface area contributed by atoms with Crippen LogP contribution in [0.1, 0.15) is 46.7 Å². The molecule has 1 aromatic carbocycles. The van der Waals surface area contributed by atoms with Crippen LogP contribution in [0.5, 0.6) is 5.75 Å². The summed E-state index contributed by atoms with van der Waals surface area (Å²) < 4.78 is 5.24. The molecule has 3 rings (SSSR count). The number of ketones is 1. The van der Waals surface area contributed by atoms with E-state index in [0.29, 0.717) is 11.7 Å². The van der Waals surface area contributed by atoms with E-state index in [4.69, 9.17) is 4.74 Å². The van der Waals surface area contributed by atoms with E-state index < -0.39 is 0 Å². The van der Waals surface area contributed by atoms with Crippen LogP contribution in [0.2, 0.25) is 0 Å². The van der Waals surface area contributed by atoms with Gasteiger partial charge in [-0.25, -0.2) is 0 Å². The molecular formula is C13H14O2. The second-order valence-corrected chi connectivity index (χ2v) is 4.46. The van der Waals surface area contributed by atoms with Crippen molar-refractivity contribution in [3.8, 4) is 5.75 Å². The molecule has 2 aliphatic rings. The molecule has 15 heavy (non-hydrogen) atoms. The van der Waals surface area contributed by atoms with Crippen LogP contribution >= 0.6 is 0 Å². The van der Waals surface area contributed by atoms with Crippen LogP contribution in [0, 0.1) is 0 Å². The van der Waals surface area contributed by atoms with Crippen molar-refractivity contribution in [3.63, 3.8) is 0 Å². The number of carbonyl (C=O) groups is 1. The van der Waals surface area contributed by atoms with E-state index in [1.807, 2.05) is 6.07 Å². The fourth-order valence-electron chi connectivity index (χ4n) is 2.94. The monoisotopic (exact) mass is 202 g/mol. The average molecular weight is 202 g/mol. The number of methoxy groups -OCH3 is 1. The summed E-state index contributed by atoms with van der Waals surface area (Å²) >= 11 is 0. The fraction of sp³-hybridized carbons (Fsp3) is 0.462. The molecule has 1 atom stereocenters. The van der Waals surface area contributed by atoms with Crippen molar-refractivity contribution in [3.05, 3.63) is 28.8 Å². The van der Waals surface area contributed by atoms with Gasteiger partial charge in [0.25, 0.3) is 0 Å². The molecule has 1 unspecified atom stereocenters. The Kier molecular flexibility index (Phi) is 1.84. The third kappa shape index (κ3) is 1.21. The molecule has 2 aliphatic carbocycles. The number of carbonyl (C=O) groups excluding carboxylic acids is 1. The molecule has 0 saturated carbocycles. The van der Waals surface area contributed by atoms with Gasteiger partial charge in [0.15, 0.2) is 5.78 Å². The predicted molar refractivity (Wildman–Crippen MR) is 57.6 cm³/mol. The molecule has 78 valence electrons. The molecule has 0 spiro atoms. The maximum Gasteiger partial charge on any atom is 0.163 e. The van der Waals surface area contributed by atoms with Gasteiger partial charge < -0.3 is 4.74 Å². The fourth-order valence-corrected chi connectivity index (χ4v) is 2.94. The van der Waals surface area contributed by atoms with Crippen molar-refractivity contribution in [2.75, 3.05) is 7.11 Å². The lowest BCUT2D eigenvalue weighted by atomic mass is 9.84. The average Bonchev–Trinajstić information content (AvgIpc) is 2.58. The minimum Gasteiger partial charge on any atom is -0.497 e. The number of rotatable bonds is 1. The van der Waals surface area contributed by atoms with E-state index in [2.05, 4.69) is 6.07 Å². The lowest BCUT2D eigenvalue weighted by Crippen LogP contribution is -2.06. The van der Waals surface area contributed by atoms with Gasteiger partial charge >= 0.3 is 0 Å². The van der Waals surface area contributed by atoms with Gasteiger partial charge in [-0.15, -0.1) is 0 Å². The van der Waals surface area contributed by atoms with Crippen molar-refractivity contribution in [2.45, 2.75) is 31.6 Å². The molecule has 0 amide bonds. The summed E-state index contributed by atoms with van der Waals surface area (Å²) in [6, 6.07) is 4.01. The molecule has 0 aromatic heterocycles. The lowest BCUT2D eigenvalue weighted by Gasteiger charge is -2.21. The van der Waals surface area contributed by atoms with Crippen molar-refractivity contribution in [2.24, 2.45) is 0 Å². The van der Waals surface area contributed by atoms with Crippen LogP contribution in [0.3, 0.4) is 0 Å². The quantitative estimate of drug-likeness (QED) is 0.700. The topological polar surface area (TPSA) is 26.3 Å². The number of hydrogen-bond acceptors (Lipinski definition) is 2. The van der Waals surface area contributed by atoms with E-state index in [-0.39, 0.29) is 0 Å². The van der Waals surface area contributed by atoms with Crippen molar-refractivity contribution in [1.29, 1.82) is 0 Å². The summed E-state index contributed by atoms with van der Waals surface area (Å²) in [4.78, 5) is 11.8. The zero-order chi connectivity index (χ0) is 10.4. The van der Waals surface area contributed by atoms with Gasteiger partial charge in [-0.3, -0.25) is 4.79 Å². The number of ether oxygens (including phenoxy) is 1. The summed E-state index contributed by atoms with van der Waals surface area (Å²) in [6.07, 6.45) is 4.20. The van der Waals surface area contributed by atoms with Crippen molar-refractivity contribution < 1.29 is 9.53 Å². The number of aryl methyl sites for hydroxylation is 1. The summed E-state index contributed by atoms with van der Waals surface area (Å²) in [5.41, 5.74) is 3.59.